The van der Waals surface area contributed by atoms with Crippen molar-refractivity contribution in [2.45, 2.75) is 26.7 Å². The smallest absolute Gasteiger partial charge is 0.239 e. The van der Waals surface area contributed by atoms with Gasteiger partial charge in [-0.05, 0) is 12.8 Å². The molecule has 0 aromatic carbocycles. The van der Waals surface area contributed by atoms with Crippen LogP contribution >= 0.6 is 11.6 Å². The Bertz CT molecular complexity index is 423. The molecule has 18 heavy (non-hydrogen) atoms. The van der Waals surface area contributed by atoms with Crippen LogP contribution in [0.5, 0.6) is 0 Å². The lowest BCUT2D eigenvalue weighted by molar-refractivity contribution is -0.119. The first-order valence-corrected chi connectivity index (χ1v) is 6.34. The predicted octanol–water partition coefficient (Wildman–Crippen LogP) is 1.83. The third-order valence-corrected chi connectivity index (χ3v) is 2.99. The van der Waals surface area contributed by atoms with E-state index in [1.165, 1.54) is 6.33 Å². The van der Waals surface area contributed by atoms with E-state index in [0.717, 1.165) is 11.4 Å². The number of halogens is 1. The maximum atomic E-state index is 11.5. The summed E-state index contributed by atoms with van der Waals surface area (Å²) < 4.78 is 0. The average Bonchev–Trinajstić information content (AvgIpc) is 2.34. The normalized spacial score (nSPS) is 10.6. The van der Waals surface area contributed by atoms with Crippen LogP contribution in [0.2, 0.25) is 5.15 Å². The fourth-order valence-electron chi connectivity index (χ4n) is 1.70. The fraction of sp³-hybridized carbons (Fsp3) is 0.583. The van der Waals surface area contributed by atoms with E-state index in [0.29, 0.717) is 11.7 Å². The van der Waals surface area contributed by atoms with Gasteiger partial charge in [-0.1, -0.05) is 25.4 Å². The number of amides is 1. The molecule has 0 aliphatic carbocycles. The Hall–Kier alpha value is -1.36. The van der Waals surface area contributed by atoms with Crippen molar-refractivity contribution < 1.29 is 4.79 Å². The first-order chi connectivity index (χ1) is 8.51. The van der Waals surface area contributed by atoms with Crippen LogP contribution in [-0.2, 0) is 4.79 Å². The monoisotopic (exact) mass is 270 g/mol. The number of nitrogens with zero attached hydrogens (tertiary/aromatic N) is 3. The Kier molecular flexibility index (Phi) is 5.34. The lowest BCUT2D eigenvalue weighted by Gasteiger charge is -2.24. The quantitative estimate of drug-likeness (QED) is 0.830. The van der Waals surface area contributed by atoms with E-state index >= 15 is 0 Å². The van der Waals surface area contributed by atoms with E-state index in [2.05, 4.69) is 15.3 Å². The van der Waals surface area contributed by atoms with Crippen molar-refractivity contribution in [1.82, 2.24) is 15.3 Å². The Morgan fingerprint density at radius 2 is 2.17 bits per heavy atom. The van der Waals surface area contributed by atoms with Gasteiger partial charge in [-0.2, -0.15) is 0 Å². The molecule has 0 aliphatic rings. The first-order valence-electron chi connectivity index (χ1n) is 5.97. The molecular formula is C12H19ClN4O. The maximum absolute atomic E-state index is 11.5. The summed E-state index contributed by atoms with van der Waals surface area (Å²) in [6.07, 6.45) is 1.43. The molecule has 1 aromatic rings. The number of hydrogen-bond acceptors (Lipinski definition) is 4. The fourth-order valence-corrected chi connectivity index (χ4v) is 2.05. The number of carbonyl (C=O) groups excluding carboxylic acids is 1. The van der Waals surface area contributed by atoms with Crippen molar-refractivity contribution in [3.63, 3.8) is 0 Å². The lowest BCUT2D eigenvalue weighted by atomic mass is 10.1. The molecule has 0 saturated heterocycles. The van der Waals surface area contributed by atoms with Gasteiger partial charge in [0, 0.05) is 19.2 Å². The highest BCUT2D eigenvalue weighted by Crippen LogP contribution is 2.30. The second-order valence-electron chi connectivity index (χ2n) is 4.24. The molecule has 5 nitrogen and oxygen atoms in total. The molecule has 0 atom stereocenters. The Morgan fingerprint density at radius 1 is 1.50 bits per heavy atom. The van der Waals surface area contributed by atoms with E-state index in [-0.39, 0.29) is 18.4 Å². The second-order valence-corrected chi connectivity index (χ2v) is 4.60. The number of rotatable bonds is 5. The number of anilines is 1. The molecule has 0 spiro atoms. The van der Waals surface area contributed by atoms with Gasteiger partial charge in [-0.25, -0.2) is 9.97 Å². The average molecular weight is 271 g/mol. The van der Waals surface area contributed by atoms with E-state index in [9.17, 15) is 4.79 Å². The van der Waals surface area contributed by atoms with Crippen LogP contribution < -0.4 is 10.2 Å². The molecule has 1 heterocycles. The van der Waals surface area contributed by atoms with Gasteiger partial charge < -0.3 is 10.2 Å². The zero-order valence-electron chi connectivity index (χ0n) is 11.2. The maximum Gasteiger partial charge on any atom is 0.239 e. The van der Waals surface area contributed by atoms with Crippen LogP contribution in [0.3, 0.4) is 0 Å². The number of likely N-dealkylation sites (N-methyl/N-ethyl adjacent to an activating group) is 2. The molecule has 0 unspecified atom stereocenters. The van der Waals surface area contributed by atoms with Crippen LogP contribution in [-0.4, -0.2) is 36.0 Å². The lowest BCUT2D eigenvalue weighted by Crippen LogP contribution is -2.36. The molecule has 100 valence electrons. The summed E-state index contributed by atoms with van der Waals surface area (Å²) in [5.74, 6) is 0.879. The topological polar surface area (TPSA) is 58.1 Å². The molecule has 0 aliphatic heterocycles. The summed E-state index contributed by atoms with van der Waals surface area (Å²) in [5.41, 5.74) is 0.880. The van der Waals surface area contributed by atoms with Crippen LogP contribution in [0, 0.1) is 0 Å². The summed E-state index contributed by atoms with van der Waals surface area (Å²) in [7, 11) is 1.62. The van der Waals surface area contributed by atoms with Gasteiger partial charge in [0.15, 0.2) is 0 Å². The minimum absolute atomic E-state index is 0.0544. The molecule has 1 amide bonds. The summed E-state index contributed by atoms with van der Waals surface area (Å²) >= 11 is 6.12. The zero-order valence-corrected chi connectivity index (χ0v) is 12.0. The summed E-state index contributed by atoms with van der Waals surface area (Å²) in [6, 6.07) is 0. The highest BCUT2D eigenvalue weighted by atomic mass is 35.5. The van der Waals surface area contributed by atoms with Crippen molar-refractivity contribution in [1.29, 1.82) is 0 Å². The SMILES string of the molecule is CCN(CC(=O)NC)c1ncnc(Cl)c1C(C)C. The van der Waals surface area contributed by atoms with Gasteiger partial charge in [-0.3, -0.25) is 4.79 Å². The van der Waals surface area contributed by atoms with Gasteiger partial charge in [0.25, 0.3) is 0 Å². The molecule has 6 heteroatoms. The third-order valence-electron chi connectivity index (χ3n) is 2.69. The van der Waals surface area contributed by atoms with Gasteiger partial charge >= 0.3 is 0 Å². The summed E-state index contributed by atoms with van der Waals surface area (Å²) in [6.45, 7) is 6.98. The highest BCUT2D eigenvalue weighted by Gasteiger charge is 2.19. The third kappa shape index (κ3) is 3.32. The number of hydrogen-bond donors (Lipinski definition) is 1. The van der Waals surface area contributed by atoms with Crippen molar-refractivity contribution in [3.8, 4) is 0 Å². The van der Waals surface area contributed by atoms with Gasteiger partial charge in [-0.15, -0.1) is 0 Å². The van der Waals surface area contributed by atoms with Crippen molar-refractivity contribution in [3.05, 3.63) is 17.0 Å². The van der Waals surface area contributed by atoms with E-state index in [4.69, 9.17) is 11.6 Å². The Morgan fingerprint density at radius 3 is 2.67 bits per heavy atom. The first kappa shape index (κ1) is 14.7. The van der Waals surface area contributed by atoms with Crippen LogP contribution in [0.25, 0.3) is 0 Å². The molecule has 0 bridgehead atoms. The Labute approximate surface area is 113 Å². The molecular weight excluding hydrogens is 252 g/mol. The predicted molar refractivity (Wildman–Crippen MR) is 73.1 cm³/mol. The van der Waals surface area contributed by atoms with Gasteiger partial charge in [0.1, 0.15) is 17.3 Å². The number of carbonyl (C=O) groups is 1. The molecule has 1 N–H and O–H groups in total. The number of aromatic nitrogens is 2. The van der Waals surface area contributed by atoms with E-state index < -0.39 is 0 Å². The van der Waals surface area contributed by atoms with Crippen LogP contribution in [0.1, 0.15) is 32.3 Å². The highest BCUT2D eigenvalue weighted by molar-refractivity contribution is 6.30. The van der Waals surface area contributed by atoms with Gasteiger partial charge in [0.05, 0.1) is 6.54 Å². The van der Waals surface area contributed by atoms with E-state index in [1.54, 1.807) is 7.05 Å². The number of nitrogens with one attached hydrogen (secondary N) is 1. The molecule has 1 rings (SSSR count). The van der Waals surface area contributed by atoms with Crippen LogP contribution in [0.4, 0.5) is 5.82 Å². The van der Waals surface area contributed by atoms with Crippen molar-refractivity contribution in [2.75, 3.05) is 25.0 Å². The largest absolute Gasteiger partial charge is 0.358 e. The second kappa shape index (κ2) is 6.54. The summed E-state index contributed by atoms with van der Waals surface area (Å²) in [5, 5.41) is 3.06. The zero-order chi connectivity index (χ0) is 13.7. The minimum Gasteiger partial charge on any atom is -0.358 e. The standard InChI is InChI=1S/C12H19ClN4O/c1-5-17(6-9(18)14-4)12-10(8(2)3)11(13)15-7-16-12/h7-8H,5-6H2,1-4H3,(H,14,18). The van der Waals surface area contributed by atoms with E-state index in [1.807, 2.05) is 25.7 Å². The van der Waals surface area contributed by atoms with Crippen LogP contribution in [0.15, 0.2) is 6.33 Å². The van der Waals surface area contributed by atoms with Gasteiger partial charge in [0.2, 0.25) is 5.91 Å². The molecule has 0 fully saturated rings. The minimum atomic E-state index is -0.0544. The molecule has 1 aromatic heterocycles. The van der Waals surface area contributed by atoms with Crippen molar-refractivity contribution in [2.24, 2.45) is 0 Å². The van der Waals surface area contributed by atoms with Crippen molar-refractivity contribution >= 4 is 23.3 Å². The summed E-state index contributed by atoms with van der Waals surface area (Å²) in [4.78, 5) is 21.7. The molecule has 0 radical (unpaired) electrons. The Balaban J connectivity index is 3.12. The molecule has 0 saturated carbocycles.